The molecule has 4 rings (SSSR count). The summed E-state index contributed by atoms with van der Waals surface area (Å²) in [5.41, 5.74) is 4.04. The molecule has 3 aromatic carbocycles. The van der Waals surface area contributed by atoms with E-state index in [-0.39, 0.29) is 11.9 Å². The van der Waals surface area contributed by atoms with Crippen LogP contribution < -0.4 is 10.1 Å². The van der Waals surface area contributed by atoms with Gasteiger partial charge in [-0.05, 0) is 60.7 Å². The highest BCUT2D eigenvalue weighted by Crippen LogP contribution is 2.28. The molecule has 0 heterocycles. The Balaban J connectivity index is 1.48. The van der Waals surface area contributed by atoms with Crippen LogP contribution in [0.25, 0.3) is 10.8 Å². The van der Waals surface area contributed by atoms with Crippen molar-refractivity contribution in [2.45, 2.75) is 51.7 Å². The molecule has 28 heavy (non-hydrogen) atoms. The van der Waals surface area contributed by atoms with E-state index in [0.717, 1.165) is 28.5 Å². The Hall–Kier alpha value is -2.81. The van der Waals surface area contributed by atoms with Crippen LogP contribution >= 0.6 is 0 Å². The molecule has 2 atom stereocenters. The second kappa shape index (κ2) is 8.05. The highest BCUT2D eigenvalue weighted by atomic mass is 16.5. The number of carbonyl (C=O) groups is 1. The van der Waals surface area contributed by atoms with Gasteiger partial charge in [-0.3, -0.25) is 4.79 Å². The van der Waals surface area contributed by atoms with Gasteiger partial charge in [0.25, 0.3) is 5.91 Å². The molecule has 0 aliphatic heterocycles. The van der Waals surface area contributed by atoms with E-state index in [1.807, 2.05) is 44.2 Å². The molecule has 1 aliphatic carbocycles. The van der Waals surface area contributed by atoms with Crippen molar-refractivity contribution in [3.63, 3.8) is 0 Å². The van der Waals surface area contributed by atoms with E-state index in [9.17, 15) is 4.79 Å². The van der Waals surface area contributed by atoms with Gasteiger partial charge in [0.1, 0.15) is 5.75 Å². The number of amides is 1. The monoisotopic (exact) mass is 373 g/mol. The number of hydrogen-bond donors (Lipinski definition) is 1. The van der Waals surface area contributed by atoms with Crippen LogP contribution in [0.1, 0.15) is 49.4 Å². The first-order chi connectivity index (χ1) is 13.7. The molecule has 0 aromatic heterocycles. The van der Waals surface area contributed by atoms with Gasteiger partial charge < -0.3 is 10.1 Å². The number of aryl methyl sites for hydroxylation is 2. The van der Waals surface area contributed by atoms with Gasteiger partial charge in [0.15, 0.2) is 6.10 Å². The molecule has 3 heteroatoms. The van der Waals surface area contributed by atoms with Gasteiger partial charge in [-0.15, -0.1) is 0 Å². The Morgan fingerprint density at radius 3 is 2.68 bits per heavy atom. The van der Waals surface area contributed by atoms with Gasteiger partial charge >= 0.3 is 0 Å². The lowest BCUT2D eigenvalue weighted by Crippen LogP contribution is -2.39. The van der Waals surface area contributed by atoms with Crippen molar-refractivity contribution in [3.8, 4) is 5.75 Å². The number of rotatable bonds is 6. The van der Waals surface area contributed by atoms with Crippen LogP contribution in [0.2, 0.25) is 0 Å². The normalized spacial score (nSPS) is 15.1. The van der Waals surface area contributed by atoms with Crippen molar-refractivity contribution in [3.05, 3.63) is 77.4 Å². The molecule has 0 fully saturated rings. The van der Waals surface area contributed by atoms with Gasteiger partial charge in [-0.25, -0.2) is 0 Å². The van der Waals surface area contributed by atoms with E-state index in [1.54, 1.807) is 0 Å². The van der Waals surface area contributed by atoms with Crippen molar-refractivity contribution in [1.29, 1.82) is 0 Å². The summed E-state index contributed by atoms with van der Waals surface area (Å²) in [6.45, 7) is 4.02. The van der Waals surface area contributed by atoms with E-state index in [4.69, 9.17) is 4.74 Å². The van der Waals surface area contributed by atoms with Crippen molar-refractivity contribution in [1.82, 2.24) is 5.32 Å². The smallest absolute Gasteiger partial charge is 0.261 e. The third kappa shape index (κ3) is 3.75. The molecule has 0 saturated heterocycles. The molecular weight excluding hydrogens is 346 g/mol. The lowest BCUT2D eigenvalue weighted by molar-refractivity contribution is -0.128. The van der Waals surface area contributed by atoms with E-state index in [0.29, 0.717) is 6.42 Å². The minimum absolute atomic E-state index is 0.0384. The topological polar surface area (TPSA) is 38.3 Å². The number of carbonyl (C=O) groups excluding carboxylic acids is 1. The molecule has 3 aromatic rings. The summed E-state index contributed by atoms with van der Waals surface area (Å²) in [5.74, 6) is 0.689. The lowest BCUT2D eigenvalue weighted by atomic mass is 10.0. The lowest BCUT2D eigenvalue weighted by Gasteiger charge is -2.22. The average Bonchev–Trinajstić information content (AvgIpc) is 3.19. The van der Waals surface area contributed by atoms with Crippen molar-refractivity contribution < 1.29 is 9.53 Å². The Kier molecular flexibility index (Phi) is 5.34. The minimum atomic E-state index is -0.511. The second-order valence-electron chi connectivity index (χ2n) is 7.60. The molecule has 0 saturated carbocycles. The predicted octanol–water partition coefficient (Wildman–Crippen LogP) is 5.36. The highest BCUT2D eigenvalue weighted by molar-refractivity contribution is 5.89. The van der Waals surface area contributed by atoms with Crippen LogP contribution in [0.3, 0.4) is 0 Å². The maximum Gasteiger partial charge on any atom is 0.261 e. The molecule has 0 bridgehead atoms. The summed E-state index contributed by atoms with van der Waals surface area (Å²) < 4.78 is 6.14. The quantitative estimate of drug-likeness (QED) is 0.631. The van der Waals surface area contributed by atoms with Crippen molar-refractivity contribution in [2.24, 2.45) is 0 Å². The predicted molar refractivity (Wildman–Crippen MR) is 114 cm³/mol. The summed E-state index contributed by atoms with van der Waals surface area (Å²) in [5, 5.41) is 5.29. The first kappa shape index (κ1) is 18.5. The van der Waals surface area contributed by atoms with Crippen LogP contribution in [-0.2, 0) is 17.6 Å². The van der Waals surface area contributed by atoms with Crippen molar-refractivity contribution in [2.75, 3.05) is 0 Å². The summed E-state index contributed by atoms with van der Waals surface area (Å²) in [6.07, 6.45) is 3.66. The van der Waals surface area contributed by atoms with E-state index >= 15 is 0 Å². The zero-order chi connectivity index (χ0) is 19.5. The Labute approximate surface area is 166 Å². The van der Waals surface area contributed by atoms with E-state index < -0.39 is 6.10 Å². The first-order valence-electron chi connectivity index (χ1n) is 10.2. The van der Waals surface area contributed by atoms with E-state index in [1.165, 1.54) is 24.0 Å². The summed E-state index contributed by atoms with van der Waals surface area (Å²) >= 11 is 0. The first-order valence-corrected chi connectivity index (χ1v) is 10.2. The number of nitrogens with one attached hydrogen (secondary N) is 1. The third-order valence-electron chi connectivity index (χ3n) is 5.66. The Morgan fingerprint density at radius 1 is 1.04 bits per heavy atom. The Bertz CT molecular complexity index is 990. The van der Waals surface area contributed by atoms with Crippen LogP contribution in [0.4, 0.5) is 0 Å². The van der Waals surface area contributed by atoms with E-state index in [2.05, 4.69) is 35.6 Å². The molecule has 1 aliphatic rings. The molecule has 144 valence electrons. The third-order valence-corrected chi connectivity index (χ3v) is 5.66. The average molecular weight is 373 g/mol. The number of benzene rings is 3. The van der Waals surface area contributed by atoms with Crippen molar-refractivity contribution >= 4 is 16.7 Å². The van der Waals surface area contributed by atoms with Gasteiger partial charge in [-0.1, -0.05) is 61.5 Å². The number of fused-ring (bicyclic) bond motifs is 2. The molecule has 3 nitrogen and oxygen atoms in total. The fourth-order valence-corrected chi connectivity index (χ4v) is 4.02. The SMILES string of the molecule is CC[C@@H](Oc1cccc2ccccc12)C(=O)N[C@H](C)c1ccc2c(c1)CCC2. The summed E-state index contributed by atoms with van der Waals surface area (Å²) in [7, 11) is 0. The van der Waals surface area contributed by atoms with Gasteiger partial charge in [0, 0.05) is 5.39 Å². The van der Waals surface area contributed by atoms with Crippen LogP contribution in [0.15, 0.2) is 60.7 Å². The Morgan fingerprint density at radius 2 is 1.82 bits per heavy atom. The fraction of sp³-hybridized carbons (Fsp3) is 0.320. The molecular formula is C25H27NO2. The molecule has 0 unspecified atom stereocenters. The highest BCUT2D eigenvalue weighted by Gasteiger charge is 2.22. The fourth-order valence-electron chi connectivity index (χ4n) is 4.02. The molecule has 1 N–H and O–H groups in total. The van der Waals surface area contributed by atoms with Crippen LogP contribution in [0, 0.1) is 0 Å². The maximum absolute atomic E-state index is 12.9. The zero-order valence-corrected chi connectivity index (χ0v) is 16.6. The molecule has 0 spiro atoms. The van der Waals surface area contributed by atoms with Crippen LogP contribution in [-0.4, -0.2) is 12.0 Å². The number of hydrogen-bond acceptors (Lipinski definition) is 2. The molecule has 1 amide bonds. The zero-order valence-electron chi connectivity index (χ0n) is 16.6. The largest absolute Gasteiger partial charge is 0.480 e. The van der Waals surface area contributed by atoms with Gasteiger partial charge in [-0.2, -0.15) is 0 Å². The summed E-state index contributed by atoms with van der Waals surface area (Å²) in [6, 6.07) is 20.6. The standard InChI is InChI=1S/C25H27NO2/c1-3-23(28-24-13-7-10-19-8-4-5-12-22(19)24)25(27)26-17(2)20-15-14-18-9-6-11-21(18)16-20/h4-5,7-8,10,12-17,23H,3,6,9,11H2,1-2H3,(H,26,27)/t17-,23-/m1/s1. The van der Waals surface area contributed by atoms with Gasteiger partial charge in [0.05, 0.1) is 6.04 Å². The molecule has 0 radical (unpaired) electrons. The maximum atomic E-state index is 12.9. The summed E-state index contributed by atoms with van der Waals surface area (Å²) in [4.78, 5) is 12.9. The number of ether oxygens (including phenoxy) is 1. The second-order valence-corrected chi connectivity index (χ2v) is 7.60. The minimum Gasteiger partial charge on any atom is -0.480 e. The van der Waals surface area contributed by atoms with Gasteiger partial charge in [0.2, 0.25) is 0 Å². The van der Waals surface area contributed by atoms with Crippen LogP contribution in [0.5, 0.6) is 5.75 Å².